The molecule has 0 amide bonds. The zero-order valence-electron chi connectivity index (χ0n) is 23.6. The number of hydrogen-bond acceptors (Lipinski definition) is 8. The maximum atomic E-state index is 6.35. The summed E-state index contributed by atoms with van der Waals surface area (Å²) in [7, 11) is 4.29. The molecule has 210 valence electrons. The summed E-state index contributed by atoms with van der Waals surface area (Å²) in [6, 6.07) is 17.4. The van der Waals surface area contributed by atoms with Gasteiger partial charge in [-0.25, -0.2) is 19.6 Å². The first-order chi connectivity index (χ1) is 20.0. The molecule has 1 aromatic carbocycles. The highest BCUT2D eigenvalue weighted by Gasteiger charge is 2.28. The third-order valence-electron chi connectivity index (χ3n) is 8.28. The zero-order chi connectivity index (χ0) is 27.9. The molecule has 1 aliphatic carbocycles. The topological polar surface area (TPSA) is 106 Å². The number of benzene rings is 1. The molecule has 1 aliphatic heterocycles. The molecule has 4 aromatic heterocycles. The van der Waals surface area contributed by atoms with Crippen molar-refractivity contribution >= 4 is 17.0 Å². The average molecular weight is 549 g/mol. The number of anilines is 1. The smallest absolute Gasteiger partial charge is 0.167 e. The van der Waals surface area contributed by atoms with E-state index in [1.807, 2.05) is 36.5 Å². The predicted octanol–water partition coefficient (Wildman–Crippen LogP) is 3.81. The van der Waals surface area contributed by atoms with E-state index in [2.05, 4.69) is 62.1 Å². The first-order valence-corrected chi connectivity index (χ1v) is 14.4. The Bertz CT molecular complexity index is 1660. The summed E-state index contributed by atoms with van der Waals surface area (Å²) < 4.78 is 3.87. The van der Waals surface area contributed by atoms with Crippen molar-refractivity contribution in [1.29, 1.82) is 0 Å². The molecule has 1 unspecified atom stereocenters. The van der Waals surface area contributed by atoms with Crippen molar-refractivity contribution in [1.82, 2.24) is 44.4 Å². The molecule has 0 bridgehead atoms. The van der Waals surface area contributed by atoms with Crippen LogP contribution in [-0.4, -0.2) is 79.0 Å². The van der Waals surface area contributed by atoms with Crippen LogP contribution < -0.4 is 11.1 Å². The second-order valence-electron chi connectivity index (χ2n) is 11.4. The molecule has 5 aromatic rings. The average Bonchev–Trinajstić information content (AvgIpc) is 3.73. The molecule has 10 nitrogen and oxygen atoms in total. The summed E-state index contributed by atoms with van der Waals surface area (Å²) in [5.41, 5.74) is 12.5. The summed E-state index contributed by atoms with van der Waals surface area (Å²) in [6.45, 7) is 3.33. The maximum Gasteiger partial charge on any atom is 0.167 e. The number of aryl methyl sites for hydroxylation is 1. The highest BCUT2D eigenvalue weighted by atomic mass is 15.3. The van der Waals surface area contributed by atoms with Gasteiger partial charge in [0.15, 0.2) is 17.3 Å². The van der Waals surface area contributed by atoms with Crippen LogP contribution in [0.2, 0.25) is 0 Å². The number of nitrogen functional groups attached to an aromatic ring is 1. The van der Waals surface area contributed by atoms with E-state index in [-0.39, 0.29) is 0 Å². The Labute approximate surface area is 239 Å². The molecule has 3 N–H and O–H groups in total. The number of rotatable bonds is 7. The van der Waals surface area contributed by atoms with Crippen LogP contribution in [0.4, 0.5) is 5.82 Å². The van der Waals surface area contributed by atoms with Crippen LogP contribution in [0.25, 0.3) is 34.1 Å². The number of aromatic nitrogens is 6. The lowest BCUT2D eigenvalue weighted by atomic mass is 10.0. The molecule has 10 heteroatoms. The van der Waals surface area contributed by atoms with Gasteiger partial charge in [0, 0.05) is 49.5 Å². The second kappa shape index (κ2) is 10.7. The van der Waals surface area contributed by atoms with Gasteiger partial charge >= 0.3 is 0 Å². The van der Waals surface area contributed by atoms with E-state index in [9.17, 15) is 0 Å². The lowest BCUT2D eigenvalue weighted by Gasteiger charge is -2.35. The lowest BCUT2D eigenvalue weighted by molar-refractivity contribution is 0.131. The van der Waals surface area contributed by atoms with Crippen molar-refractivity contribution in [2.24, 2.45) is 0 Å². The van der Waals surface area contributed by atoms with E-state index < -0.39 is 0 Å². The number of hydrogen-bond donors (Lipinski definition) is 2. The third-order valence-corrected chi connectivity index (χ3v) is 8.28. The Morgan fingerprint density at radius 1 is 1.00 bits per heavy atom. The minimum absolute atomic E-state index is 0.391. The predicted molar refractivity (Wildman–Crippen MR) is 161 cm³/mol. The van der Waals surface area contributed by atoms with Crippen LogP contribution in [0.1, 0.15) is 36.4 Å². The van der Waals surface area contributed by atoms with E-state index in [1.165, 1.54) is 24.0 Å². The monoisotopic (exact) mass is 548 g/mol. The fourth-order valence-corrected chi connectivity index (χ4v) is 6.35. The fraction of sp³-hybridized carbons (Fsp3) is 0.355. The minimum atomic E-state index is 0.391. The minimum Gasteiger partial charge on any atom is -0.383 e. The maximum absolute atomic E-state index is 6.35. The van der Waals surface area contributed by atoms with Gasteiger partial charge in [0.2, 0.25) is 0 Å². The summed E-state index contributed by atoms with van der Waals surface area (Å²) in [6.07, 6.45) is 9.90. The van der Waals surface area contributed by atoms with E-state index in [1.54, 1.807) is 17.1 Å². The quantitative estimate of drug-likeness (QED) is 0.316. The van der Waals surface area contributed by atoms with E-state index in [0.717, 1.165) is 66.7 Å². The van der Waals surface area contributed by atoms with Gasteiger partial charge < -0.3 is 11.1 Å². The number of likely N-dealkylation sites (tertiary alicyclic amines) is 1. The fourth-order valence-electron chi connectivity index (χ4n) is 6.35. The number of fused-ring (bicyclic) bond motifs is 2. The van der Waals surface area contributed by atoms with Crippen molar-refractivity contribution in [3.8, 4) is 22.9 Å². The number of nitrogens with zero attached hydrogens (tertiary/aromatic N) is 8. The van der Waals surface area contributed by atoms with Crippen molar-refractivity contribution in [2.45, 2.75) is 37.8 Å². The van der Waals surface area contributed by atoms with Gasteiger partial charge in [-0.1, -0.05) is 6.07 Å². The van der Waals surface area contributed by atoms with Gasteiger partial charge in [0.1, 0.15) is 11.3 Å². The van der Waals surface area contributed by atoms with E-state index in [0.29, 0.717) is 17.9 Å². The Morgan fingerprint density at radius 2 is 1.88 bits per heavy atom. The summed E-state index contributed by atoms with van der Waals surface area (Å²) in [5.74, 6) is 1.91. The molecule has 2 aliphatic rings. The molecule has 1 atom stereocenters. The zero-order valence-corrected chi connectivity index (χ0v) is 23.6. The molecular weight excluding hydrogens is 512 g/mol. The first-order valence-electron chi connectivity index (χ1n) is 14.4. The van der Waals surface area contributed by atoms with Crippen LogP contribution in [-0.2, 0) is 6.42 Å². The molecule has 1 saturated heterocycles. The van der Waals surface area contributed by atoms with Crippen molar-refractivity contribution in [3.63, 3.8) is 0 Å². The summed E-state index contributed by atoms with van der Waals surface area (Å²) in [5, 5.41) is 8.37. The molecule has 0 spiro atoms. The normalized spacial score (nSPS) is 18.0. The largest absolute Gasteiger partial charge is 0.383 e. The molecule has 5 heterocycles. The van der Waals surface area contributed by atoms with Gasteiger partial charge in [-0.15, -0.1) is 0 Å². The van der Waals surface area contributed by atoms with Crippen LogP contribution >= 0.6 is 0 Å². The Balaban J connectivity index is 1.22. The van der Waals surface area contributed by atoms with Crippen molar-refractivity contribution in [2.75, 3.05) is 39.6 Å². The molecule has 7 rings (SSSR count). The van der Waals surface area contributed by atoms with Gasteiger partial charge in [-0.3, -0.25) is 14.4 Å². The highest BCUT2D eigenvalue weighted by Crippen LogP contribution is 2.36. The molecule has 1 fully saturated rings. The van der Waals surface area contributed by atoms with Crippen molar-refractivity contribution in [3.05, 3.63) is 78.2 Å². The Hall–Kier alpha value is -4.12. The molecule has 0 saturated carbocycles. The van der Waals surface area contributed by atoms with Crippen LogP contribution in [0.15, 0.2) is 67.1 Å². The Morgan fingerprint density at radius 3 is 2.66 bits per heavy atom. The van der Waals surface area contributed by atoms with Gasteiger partial charge in [-0.2, -0.15) is 5.10 Å². The second-order valence-corrected chi connectivity index (χ2v) is 11.4. The Kier molecular flexibility index (Phi) is 6.74. The number of nitrogens with one attached hydrogen (secondary N) is 1. The van der Waals surface area contributed by atoms with E-state index in [4.69, 9.17) is 15.7 Å². The van der Waals surface area contributed by atoms with Crippen LogP contribution in [0.3, 0.4) is 0 Å². The molecule has 0 radical (unpaired) electrons. The van der Waals surface area contributed by atoms with Crippen molar-refractivity contribution < 1.29 is 0 Å². The molecular formula is C31H36N10. The van der Waals surface area contributed by atoms with Gasteiger partial charge in [-0.05, 0) is 93.4 Å². The number of pyridine rings is 2. The van der Waals surface area contributed by atoms with Crippen LogP contribution in [0.5, 0.6) is 0 Å². The van der Waals surface area contributed by atoms with Crippen LogP contribution in [0, 0.1) is 0 Å². The standard InChI is InChI=1S/C31H36N10/c1-38(2)20-39-17-12-22(13-18-39)35-26-9-6-21-19-23(7-8-24(21)26)41-30(25-5-3-14-33-29(25)32)36-27-10-11-28(37-31(27)41)40-16-4-15-34-40/h3-5,7-8,10-11,14-16,19,22,26,35H,6,9,12-13,17-18,20H2,1-2H3,(H2,32,33). The SMILES string of the molecule is CN(C)CN1CCC(NC2CCc3cc(-n4c(-c5cccnc5N)nc5ccc(-n6cccn6)nc54)ccc32)CC1. The first kappa shape index (κ1) is 25.8. The molecule has 41 heavy (non-hydrogen) atoms. The van der Waals surface area contributed by atoms with Gasteiger partial charge in [0.25, 0.3) is 0 Å². The highest BCUT2D eigenvalue weighted by molar-refractivity contribution is 5.83. The lowest BCUT2D eigenvalue weighted by Crippen LogP contribution is -2.45. The summed E-state index contributed by atoms with van der Waals surface area (Å²) >= 11 is 0. The number of nitrogens with two attached hydrogens (primary N) is 1. The van der Waals surface area contributed by atoms with E-state index >= 15 is 0 Å². The third kappa shape index (κ3) is 4.99. The summed E-state index contributed by atoms with van der Waals surface area (Å²) in [4.78, 5) is 19.1. The number of piperidine rings is 1. The number of imidazole rings is 1. The van der Waals surface area contributed by atoms with Gasteiger partial charge in [0.05, 0.1) is 12.2 Å².